The van der Waals surface area contributed by atoms with Crippen molar-refractivity contribution in [1.82, 2.24) is 15.2 Å². The van der Waals surface area contributed by atoms with Gasteiger partial charge in [-0.1, -0.05) is 0 Å². The number of rotatable bonds is 4. The Morgan fingerprint density at radius 2 is 2.25 bits per heavy atom. The maximum atomic E-state index is 11.7. The summed E-state index contributed by atoms with van der Waals surface area (Å²) >= 11 is 1.26. The molecule has 0 radical (unpaired) electrons. The van der Waals surface area contributed by atoms with Crippen LogP contribution in [0, 0.1) is 0 Å². The van der Waals surface area contributed by atoms with E-state index in [1.165, 1.54) is 23.7 Å². The van der Waals surface area contributed by atoms with Crippen molar-refractivity contribution in [3.8, 4) is 0 Å². The molecule has 0 atom stereocenters. The largest absolute Gasteiger partial charge is 0.365 e. The summed E-state index contributed by atoms with van der Waals surface area (Å²) < 4.78 is 0. The summed E-state index contributed by atoms with van der Waals surface area (Å²) in [5.74, 6) is -0.713. The number of Topliss-reactive ketones (excluding diaryl/α,β-unsaturated/α-hetero) is 1. The quantitative estimate of drug-likeness (QED) is 0.749. The van der Waals surface area contributed by atoms with Crippen LogP contribution < -0.4 is 5.73 Å². The Hall–Kier alpha value is -2.02. The van der Waals surface area contributed by atoms with Crippen molar-refractivity contribution in [2.24, 2.45) is 5.73 Å². The number of nitrogens with one attached hydrogen (secondary N) is 1. The summed E-state index contributed by atoms with van der Waals surface area (Å²) in [4.78, 5) is 27.1. The number of ketones is 1. The van der Waals surface area contributed by atoms with Gasteiger partial charge in [-0.15, -0.1) is 11.3 Å². The molecule has 2 aromatic rings. The number of primary amides is 1. The van der Waals surface area contributed by atoms with Crippen LogP contribution in [0.1, 0.15) is 25.7 Å². The van der Waals surface area contributed by atoms with Gasteiger partial charge in [0.2, 0.25) is 0 Å². The molecule has 3 N–H and O–H groups in total. The van der Waals surface area contributed by atoms with Crippen LogP contribution in [-0.2, 0) is 6.42 Å². The molecule has 2 heterocycles. The first kappa shape index (κ1) is 10.5. The maximum absolute atomic E-state index is 11.7. The number of carbonyl (C=O) groups is 2. The molecule has 0 aliphatic carbocycles. The molecule has 0 unspecified atom stereocenters. The average molecular weight is 236 g/mol. The number of H-pyrrole nitrogens is 1. The van der Waals surface area contributed by atoms with Crippen molar-refractivity contribution in [2.45, 2.75) is 6.42 Å². The molecule has 6 nitrogen and oxygen atoms in total. The number of nitrogens with zero attached hydrogens (tertiary/aromatic N) is 2. The topological polar surface area (TPSA) is 102 Å². The minimum Gasteiger partial charge on any atom is -0.365 e. The number of aromatic amines is 1. The molecule has 16 heavy (non-hydrogen) atoms. The summed E-state index contributed by atoms with van der Waals surface area (Å²) in [6, 6.07) is 0. The molecule has 7 heteroatoms. The molecular weight excluding hydrogens is 228 g/mol. The fourth-order valence-electron chi connectivity index (χ4n) is 1.26. The van der Waals surface area contributed by atoms with Gasteiger partial charge < -0.3 is 5.73 Å². The minimum absolute atomic E-state index is 0.0699. The number of hydrogen-bond donors (Lipinski definition) is 2. The Morgan fingerprint density at radius 3 is 2.88 bits per heavy atom. The van der Waals surface area contributed by atoms with Crippen LogP contribution in [0.5, 0.6) is 0 Å². The highest BCUT2D eigenvalue weighted by atomic mass is 32.1. The summed E-state index contributed by atoms with van der Waals surface area (Å²) in [5, 5.41) is 6.28. The first-order valence-electron chi connectivity index (χ1n) is 4.42. The van der Waals surface area contributed by atoms with Crippen LogP contribution in [0.2, 0.25) is 0 Å². The average Bonchev–Trinajstić information content (AvgIpc) is 2.86. The highest BCUT2D eigenvalue weighted by molar-refractivity contribution is 7.11. The van der Waals surface area contributed by atoms with Crippen LogP contribution in [0.15, 0.2) is 17.9 Å². The van der Waals surface area contributed by atoms with E-state index in [1.54, 1.807) is 5.51 Å². The van der Waals surface area contributed by atoms with Gasteiger partial charge >= 0.3 is 0 Å². The molecule has 0 aliphatic rings. The fourth-order valence-corrected chi connectivity index (χ4v) is 1.82. The SMILES string of the molecule is NC(=O)c1cn[nH]c1CC(=O)c1cncs1. The lowest BCUT2D eigenvalue weighted by Crippen LogP contribution is -2.14. The lowest BCUT2D eigenvalue weighted by Gasteiger charge is -1.97. The van der Waals surface area contributed by atoms with Gasteiger partial charge in [-0.25, -0.2) is 0 Å². The Balaban J connectivity index is 2.18. The standard InChI is InChI=1S/C9H8N4O2S/c10-9(15)5-2-12-13-6(5)1-7(14)8-3-11-4-16-8/h2-4H,1H2,(H2,10,15)(H,12,13). The van der Waals surface area contributed by atoms with Crippen molar-refractivity contribution < 1.29 is 9.59 Å². The maximum Gasteiger partial charge on any atom is 0.252 e. The third kappa shape index (κ3) is 1.98. The van der Waals surface area contributed by atoms with Crippen molar-refractivity contribution >= 4 is 23.0 Å². The van der Waals surface area contributed by atoms with Crippen molar-refractivity contribution in [2.75, 3.05) is 0 Å². The first-order chi connectivity index (χ1) is 7.68. The lowest BCUT2D eigenvalue weighted by molar-refractivity contribution is 0.0993. The van der Waals surface area contributed by atoms with Gasteiger partial charge in [0.25, 0.3) is 5.91 Å². The molecule has 0 saturated heterocycles. The van der Waals surface area contributed by atoms with Crippen LogP contribution in [-0.4, -0.2) is 26.9 Å². The number of nitrogens with two attached hydrogens (primary N) is 1. The lowest BCUT2D eigenvalue weighted by atomic mass is 10.1. The Bertz CT molecular complexity index is 517. The number of amides is 1. The summed E-state index contributed by atoms with van der Waals surface area (Å²) in [7, 11) is 0. The second kappa shape index (κ2) is 4.23. The number of carbonyl (C=O) groups excluding carboxylic acids is 2. The van der Waals surface area contributed by atoms with Crippen LogP contribution in [0.25, 0.3) is 0 Å². The van der Waals surface area contributed by atoms with Gasteiger partial charge in [-0.3, -0.25) is 19.7 Å². The van der Waals surface area contributed by atoms with Gasteiger partial charge in [-0.05, 0) is 0 Å². The molecule has 2 aromatic heterocycles. The number of thiazole rings is 1. The van der Waals surface area contributed by atoms with Gasteiger partial charge in [-0.2, -0.15) is 5.10 Å². The van der Waals surface area contributed by atoms with E-state index in [4.69, 9.17) is 5.73 Å². The van der Waals surface area contributed by atoms with Gasteiger partial charge in [0.1, 0.15) is 0 Å². The molecular formula is C9H8N4O2S. The highest BCUT2D eigenvalue weighted by Gasteiger charge is 2.15. The van der Waals surface area contributed by atoms with Crippen LogP contribution in [0.4, 0.5) is 0 Å². The second-order valence-electron chi connectivity index (χ2n) is 3.09. The number of aromatic nitrogens is 3. The van der Waals surface area contributed by atoms with Crippen molar-refractivity contribution in [3.05, 3.63) is 34.0 Å². The normalized spacial score (nSPS) is 10.2. The molecule has 1 amide bonds. The molecule has 0 aromatic carbocycles. The van der Waals surface area contributed by atoms with Crippen molar-refractivity contribution in [3.63, 3.8) is 0 Å². The third-order valence-corrected chi connectivity index (χ3v) is 2.84. The molecule has 82 valence electrons. The van der Waals surface area contributed by atoms with Crippen molar-refractivity contribution in [1.29, 1.82) is 0 Å². The Kier molecular flexibility index (Phi) is 2.78. The third-order valence-electron chi connectivity index (χ3n) is 2.03. The van der Waals surface area contributed by atoms with E-state index in [0.717, 1.165) is 0 Å². The van der Waals surface area contributed by atoms with Crippen LogP contribution in [0.3, 0.4) is 0 Å². The highest BCUT2D eigenvalue weighted by Crippen LogP contribution is 2.12. The monoisotopic (exact) mass is 236 g/mol. The second-order valence-corrected chi connectivity index (χ2v) is 3.98. The van der Waals surface area contributed by atoms with E-state index in [-0.39, 0.29) is 17.8 Å². The van der Waals surface area contributed by atoms with Crippen LogP contribution >= 0.6 is 11.3 Å². The predicted molar refractivity (Wildman–Crippen MR) is 57.3 cm³/mol. The zero-order valence-electron chi connectivity index (χ0n) is 8.14. The van der Waals surface area contributed by atoms with E-state index in [1.807, 2.05) is 0 Å². The summed E-state index contributed by atoms with van der Waals surface area (Å²) in [5.41, 5.74) is 7.40. The van der Waals surface area contributed by atoms with E-state index in [2.05, 4.69) is 15.2 Å². The molecule has 0 bridgehead atoms. The van der Waals surface area contributed by atoms with E-state index < -0.39 is 5.91 Å². The minimum atomic E-state index is -0.596. The van der Waals surface area contributed by atoms with Gasteiger partial charge in [0.15, 0.2) is 5.78 Å². The molecule has 2 rings (SSSR count). The Morgan fingerprint density at radius 1 is 1.44 bits per heavy atom. The van der Waals surface area contributed by atoms with E-state index >= 15 is 0 Å². The smallest absolute Gasteiger partial charge is 0.252 e. The van der Waals surface area contributed by atoms with E-state index in [0.29, 0.717) is 10.6 Å². The molecule has 0 spiro atoms. The first-order valence-corrected chi connectivity index (χ1v) is 5.30. The zero-order valence-corrected chi connectivity index (χ0v) is 8.95. The summed E-state index contributed by atoms with van der Waals surface area (Å²) in [6.07, 6.45) is 2.88. The Labute approximate surface area is 94.5 Å². The zero-order chi connectivity index (χ0) is 11.5. The molecule has 0 aliphatic heterocycles. The van der Waals surface area contributed by atoms with Gasteiger partial charge in [0.05, 0.1) is 34.3 Å². The fraction of sp³-hybridized carbons (Fsp3) is 0.111. The van der Waals surface area contributed by atoms with Gasteiger partial charge in [0, 0.05) is 6.20 Å². The van der Waals surface area contributed by atoms with E-state index in [9.17, 15) is 9.59 Å². The molecule has 0 fully saturated rings. The summed E-state index contributed by atoms with van der Waals surface area (Å²) in [6.45, 7) is 0. The molecule has 0 saturated carbocycles. The predicted octanol–water partition coefficient (Wildman–Crippen LogP) is 0.390. The number of hydrogen-bond acceptors (Lipinski definition) is 5.